The van der Waals surface area contributed by atoms with Crippen LogP contribution >= 0.6 is 11.3 Å². The summed E-state index contributed by atoms with van der Waals surface area (Å²) in [6.07, 6.45) is 1.57. The van der Waals surface area contributed by atoms with Gasteiger partial charge in [-0.3, -0.25) is 9.36 Å². The highest BCUT2D eigenvalue weighted by Crippen LogP contribution is 2.31. The van der Waals surface area contributed by atoms with Crippen LogP contribution in [-0.2, 0) is 11.3 Å². The minimum atomic E-state index is -0.563. The molecule has 0 unspecified atom stereocenters. The number of methoxy groups -OCH3 is 1. The number of carbonyl (C=O) groups is 1. The first-order chi connectivity index (χ1) is 12.6. The predicted octanol–water partition coefficient (Wildman–Crippen LogP) is 3.45. The van der Waals surface area contributed by atoms with Crippen molar-refractivity contribution in [2.24, 2.45) is 0 Å². The van der Waals surface area contributed by atoms with E-state index in [1.807, 2.05) is 5.38 Å². The summed E-state index contributed by atoms with van der Waals surface area (Å²) < 4.78 is 17.0. The van der Waals surface area contributed by atoms with E-state index in [2.05, 4.69) is 9.72 Å². The quantitative estimate of drug-likeness (QED) is 0.511. The molecule has 0 spiro atoms. The zero-order valence-corrected chi connectivity index (χ0v) is 14.8. The number of aromatic nitrogens is 2. The number of hydrogen-bond acceptors (Lipinski definition) is 7. The van der Waals surface area contributed by atoms with Crippen LogP contribution in [0.5, 0.6) is 0 Å². The highest BCUT2D eigenvalue weighted by Gasteiger charge is 2.18. The average Bonchev–Trinajstić information content (AvgIpc) is 3.37. The van der Waals surface area contributed by atoms with Gasteiger partial charge in [-0.05, 0) is 31.2 Å². The minimum Gasteiger partial charge on any atom is -0.464 e. The summed E-state index contributed by atoms with van der Waals surface area (Å²) in [5.74, 6) is 1.18. The van der Waals surface area contributed by atoms with Gasteiger partial charge >= 0.3 is 5.97 Å². The predicted molar refractivity (Wildman–Crippen MR) is 95.5 cm³/mol. The van der Waals surface area contributed by atoms with E-state index in [1.54, 1.807) is 31.4 Å². The zero-order chi connectivity index (χ0) is 18.3. The number of fused-ring (bicyclic) bond motifs is 1. The number of furan rings is 2. The largest absolute Gasteiger partial charge is 0.464 e. The molecule has 0 atom stereocenters. The molecule has 26 heavy (non-hydrogen) atoms. The SMILES string of the molecule is COC(=O)c1ccc(Cn2c(C)nc3scc(-c4ccco4)c3c2=O)o1. The number of thiophene rings is 1. The highest BCUT2D eigenvalue weighted by atomic mass is 32.1. The topological polar surface area (TPSA) is 87.5 Å². The van der Waals surface area contributed by atoms with Crippen molar-refractivity contribution >= 4 is 27.5 Å². The Morgan fingerprint density at radius 2 is 2.19 bits per heavy atom. The average molecular weight is 370 g/mol. The van der Waals surface area contributed by atoms with Gasteiger partial charge in [-0.2, -0.15) is 0 Å². The van der Waals surface area contributed by atoms with Crippen LogP contribution in [0.1, 0.15) is 22.1 Å². The lowest BCUT2D eigenvalue weighted by molar-refractivity contribution is 0.0563. The number of nitrogens with zero attached hydrogens (tertiary/aromatic N) is 2. The Bertz CT molecular complexity index is 1150. The van der Waals surface area contributed by atoms with Crippen LogP contribution in [-0.4, -0.2) is 22.6 Å². The fourth-order valence-electron chi connectivity index (χ4n) is 2.75. The lowest BCUT2D eigenvalue weighted by Crippen LogP contribution is -2.24. The fraction of sp³-hybridized carbons (Fsp3) is 0.167. The summed E-state index contributed by atoms with van der Waals surface area (Å²) in [7, 11) is 1.28. The van der Waals surface area contributed by atoms with Crippen molar-refractivity contribution < 1.29 is 18.4 Å². The Labute approximate surface area is 151 Å². The summed E-state index contributed by atoms with van der Waals surface area (Å²) in [6.45, 7) is 1.93. The summed E-state index contributed by atoms with van der Waals surface area (Å²) in [5, 5.41) is 2.37. The molecule has 0 aliphatic rings. The van der Waals surface area contributed by atoms with Gasteiger partial charge in [-0.15, -0.1) is 11.3 Å². The summed E-state index contributed by atoms with van der Waals surface area (Å²) in [6, 6.07) is 6.74. The molecular weight excluding hydrogens is 356 g/mol. The molecule has 0 fully saturated rings. The van der Waals surface area contributed by atoms with E-state index in [9.17, 15) is 9.59 Å². The van der Waals surface area contributed by atoms with Crippen LogP contribution in [0.2, 0.25) is 0 Å². The Morgan fingerprint density at radius 1 is 1.35 bits per heavy atom. The maximum Gasteiger partial charge on any atom is 0.373 e. The maximum absolute atomic E-state index is 13.1. The van der Waals surface area contributed by atoms with Crippen molar-refractivity contribution in [2.75, 3.05) is 7.11 Å². The zero-order valence-electron chi connectivity index (χ0n) is 14.0. The summed E-state index contributed by atoms with van der Waals surface area (Å²) in [5.41, 5.74) is 0.534. The van der Waals surface area contributed by atoms with Crippen molar-refractivity contribution in [2.45, 2.75) is 13.5 Å². The number of ether oxygens (including phenoxy) is 1. The van der Waals surface area contributed by atoms with Gasteiger partial charge < -0.3 is 13.6 Å². The molecule has 7 nitrogen and oxygen atoms in total. The number of rotatable bonds is 4. The molecule has 4 heterocycles. The van der Waals surface area contributed by atoms with E-state index in [0.29, 0.717) is 27.6 Å². The molecule has 0 saturated heterocycles. The third-order valence-electron chi connectivity index (χ3n) is 4.03. The molecule has 4 rings (SSSR count). The lowest BCUT2D eigenvalue weighted by atomic mass is 10.2. The number of hydrogen-bond donors (Lipinski definition) is 0. The van der Waals surface area contributed by atoms with Gasteiger partial charge in [0, 0.05) is 10.9 Å². The van der Waals surface area contributed by atoms with E-state index in [0.717, 1.165) is 5.56 Å². The molecule has 132 valence electrons. The smallest absolute Gasteiger partial charge is 0.373 e. The summed E-state index contributed by atoms with van der Waals surface area (Å²) in [4.78, 5) is 29.8. The van der Waals surface area contributed by atoms with Gasteiger partial charge in [0.05, 0.1) is 25.3 Å². The molecule has 0 bridgehead atoms. The Balaban J connectivity index is 1.80. The first-order valence-corrected chi connectivity index (χ1v) is 8.66. The first kappa shape index (κ1) is 16.3. The Kier molecular flexibility index (Phi) is 3.96. The first-order valence-electron chi connectivity index (χ1n) is 7.78. The normalized spacial score (nSPS) is 11.2. The van der Waals surface area contributed by atoms with E-state index in [-0.39, 0.29) is 17.9 Å². The van der Waals surface area contributed by atoms with Crippen molar-refractivity contribution in [3.05, 3.63) is 63.6 Å². The van der Waals surface area contributed by atoms with Crippen LogP contribution in [0.25, 0.3) is 21.5 Å². The minimum absolute atomic E-state index is 0.0917. The molecule has 4 aromatic rings. The van der Waals surface area contributed by atoms with Crippen LogP contribution in [0.15, 0.2) is 49.5 Å². The second-order valence-corrected chi connectivity index (χ2v) is 6.47. The van der Waals surface area contributed by atoms with E-state index in [1.165, 1.54) is 29.1 Å². The fourth-order valence-corrected chi connectivity index (χ4v) is 3.72. The summed E-state index contributed by atoms with van der Waals surface area (Å²) >= 11 is 1.40. The highest BCUT2D eigenvalue weighted by molar-refractivity contribution is 7.17. The van der Waals surface area contributed by atoms with Crippen LogP contribution in [0.4, 0.5) is 0 Å². The number of aryl methyl sites for hydroxylation is 1. The van der Waals surface area contributed by atoms with Crippen molar-refractivity contribution in [1.82, 2.24) is 9.55 Å². The molecule has 0 radical (unpaired) electrons. The number of carbonyl (C=O) groups excluding carboxylic acids is 1. The Hall–Kier alpha value is -3.13. The van der Waals surface area contributed by atoms with Gasteiger partial charge in [-0.1, -0.05) is 0 Å². The van der Waals surface area contributed by atoms with E-state index in [4.69, 9.17) is 8.83 Å². The van der Waals surface area contributed by atoms with Crippen molar-refractivity contribution in [3.8, 4) is 11.3 Å². The molecule has 0 saturated carbocycles. The molecule has 0 amide bonds. The molecule has 0 aliphatic heterocycles. The number of esters is 1. The van der Waals surface area contributed by atoms with E-state index < -0.39 is 5.97 Å². The van der Waals surface area contributed by atoms with Gasteiger partial charge in [0.2, 0.25) is 5.76 Å². The van der Waals surface area contributed by atoms with Gasteiger partial charge in [0.25, 0.3) is 5.56 Å². The molecule has 4 aromatic heterocycles. The third kappa shape index (κ3) is 2.64. The van der Waals surface area contributed by atoms with Gasteiger partial charge in [0.15, 0.2) is 0 Å². The van der Waals surface area contributed by atoms with Crippen molar-refractivity contribution in [1.29, 1.82) is 0 Å². The maximum atomic E-state index is 13.1. The van der Waals surface area contributed by atoms with Crippen LogP contribution in [0, 0.1) is 6.92 Å². The van der Waals surface area contributed by atoms with Gasteiger partial charge in [0.1, 0.15) is 22.2 Å². The van der Waals surface area contributed by atoms with Crippen LogP contribution in [0.3, 0.4) is 0 Å². The van der Waals surface area contributed by atoms with E-state index >= 15 is 0 Å². The second kappa shape index (κ2) is 6.30. The molecule has 0 N–H and O–H groups in total. The third-order valence-corrected chi connectivity index (χ3v) is 4.91. The standard InChI is InChI=1S/C18H14N2O5S/c1-10-19-16-15(12(9-26-16)13-4-3-7-24-13)17(21)20(10)8-11-5-6-14(25-11)18(22)23-2/h3-7,9H,8H2,1-2H3. The molecular formula is C18H14N2O5S. The van der Waals surface area contributed by atoms with Crippen molar-refractivity contribution in [3.63, 3.8) is 0 Å². The lowest BCUT2D eigenvalue weighted by Gasteiger charge is -2.08. The monoisotopic (exact) mass is 370 g/mol. The van der Waals surface area contributed by atoms with Crippen LogP contribution < -0.4 is 5.56 Å². The molecule has 0 aliphatic carbocycles. The Morgan fingerprint density at radius 3 is 2.92 bits per heavy atom. The second-order valence-electron chi connectivity index (χ2n) is 5.61. The molecule has 8 heteroatoms. The molecule has 0 aromatic carbocycles. The van der Waals surface area contributed by atoms with Gasteiger partial charge in [-0.25, -0.2) is 9.78 Å².